The van der Waals surface area contributed by atoms with E-state index >= 15 is 0 Å². The van der Waals surface area contributed by atoms with E-state index in [1.54, 1.807) is 24.3 Å². The van der Waals surface area contributed by atoms with E-state index < -0.39 is 29.0 Å². The third kappa shape index (κ3) is 2.59. The molecule has 22 heavy (non-hydrogen) atoms. The fraction of sp³-hybridized carbons (Fsp3) is 0.0769. The Hall–Kier alpha value is -3.36. The molecule has 2 rings (SSSR count). The minimum absolute atomic E-state index is 0.222. The van der Waals surface area contributed by atoms with Gasteiger partial charge in [0.25, 0.3) is 0 Å². The highest BCUT2D eigenvalue weighted by Crippen LogP contribution is 2.12. The highest BCUT2D eigenvalue weighted by atomic mass is 16.4. The van der Waals surface area contributed by atoms with Crippen LogP contribution in [0.2, 0.25) is 0 Å². The second-order valence-corrected chi connectivity index (χ2v) is 4.42. The van der Waals surface area contributed by atoms with Crippen LogP contribution < -0.4 is 11.4 Å². The van der Waals surface area contributed by atoms with Crippen molar-refractivity contribution in [1.82, 2.24) is 9.55 Å². The van der Waals surface area contributed by atoms with E-state index in [0.717, 1.165) is 4.57 Å². The van der Waals surface area contributed by atoms with Crippen LogP contribution in [0.15, 0.2) is 29.1 Å². The number of nitrogen functional groups attached to an aromatic ring is 1. The molecule has 0 aliphatic rings. The van der Waals surface area contributed by atoms with E-state index in [9.17, 15) is 14.4 Å². The Balaban J connectivity index is 2.60. The number of aromatic amines is 1. The average Bonchev–Trinajstić information content (AvgIpc) is 2.77. The number of rotatable bonds is 5. The summed E-state index contributed by atoms with van der Waals surface area (Å²) in [6.07, 6.45) is 0. The predicted molar refractivity (Wildman–Crippen MR) is 75.5 cm³/mol. The molecule has 114 valence electrons. The van der Waals surface area contributed by atoms with Crippen LogP contribution in [0.5, 0.6) is 0 Å². The van der Waals surface area contributed by atoms with Gasteiger partial charge in [0, 0.05) is 5.56 Å². The Kier molecular flexibility index (Phi) is 3.80. The lowest BCUT2D eigenvalue weighted by Gasteiger charge is -2.09. The molecule has 9 nitrogen and oxygen atoms in total. The van der Waals surface area contributed by atoms with Gasteiger partial charge in [0.15, 0.2) is 11.4 Å². The summed E-state index contributed by atoms with van der Waals surface area (Å²) in [7, 11) is 0. The first-order chi connectivity index (χ1) is 10.3. The number of imidazole rings is 1. The Bertz CT molecular complexity index is 833. The quantitative estimate of drug-likeness (QED) is 0.382. The summed E-state index contributed by atoms with van der Waals surface area (Å²) in [6, 6.07) is 6.40. The van der Waals surface area contributed by atoms with E-state index in [4.69, 9.17) is 21.4 Å². The van der Waals surface area contributed by atoms with Gasteiger partial charge in [0.2, 0.25) is 0 Å². The number of nitrogens with two attached hydrogens (primary N) is 1. The van der Waals surface area contributed by atoms with Crippen LogP contribution >= 0.6 is 0 Å². The minimum atomic E-state index is -1.55. The maximum absolute atomic E-state index is 11.9. The van der Waals surface area contributed by atoms with Crippen molar-refractivity contribution < 1.29 is 19.8 Å². The second kappa shape index (κ2) is 5.56. The van der Waals surface area contributed by atoms with Gasteiger partial charge >= 0.3 is 17.6 Å². The third-order valence-electron chi connectivity index (χ3n) is 3.04. The lowest BCUT2D eigenvalue weighted by Crippen LogP contribution is -2.24. The summed E-state index contributed by atoms with van der Waals surface area (Å²) in [5, 5.41) is 25.6. The summed E-state index contributed by atoms with van der Waals surface area (Å²) in [6.45, 7) is -0.222. The maximum atomic E-state index is 11.9. The van der Waals surface area contributed by atoms with Crippen molar-refractivity contribution in [2.75, 3.05) is 0 Å². The number of nitrogens with one attached hydrogen (secondary N) is 2. The minimum Gasteiger partial charge on any atom is -0.477 e. The summed E-state index contributed by atoms with van der Waals surface area (Å²) in [5.74, 6) is -3.33. The van der Waals surface area contributed by atoms with Crippen LogP contribution in [-0.2, 0) is 6.54 Å². The molecule has 9 heteroatoms. The number of carboxylic acids is 2. The lowest BCUT2D eigenvalue weighted by molar-refractivity contribution is 0.0640. The second-order valence-electron chi connectivity index (χ2n) is 4.42. The van der Waals surface area contributed by atoms with Crippen LogP contribution in [0.1, 0.15) is 32.1 Å². The van der Waals surface area contributed by atoms with E-state index in [-0.39, 0.29) is 12.4 Å². The van der Waals surface area contributed by atoms with Gasteiger partial charge in [0.05, 0.1) is 6.54 Å². The van der Waals surface area contributed by atoms with Crippen LogP contribution in [0.3, 0.4) is 0 Å². The molecule has 0 saturated carbocycles. The summed E-state index contributed by atoms with van der Waals surface area (Å²) in [5.41, 5.74) is 3.98. The van der Waals surface area contributed by atoms with Crippen LogP contribution in [-0.4, -0.2) is 37.5 Å². The molecule has 0 aliphatic heterocycles. The van der Waals surface area contributed by atoms with Crippen molar-refractivity contribution in [3.05, 3.63) is 57.3 Å². The van der Waals surface area contributed by atoms with Gasteiger partial charge in [-0.15, -0.1) is 0 Å². The van der Waals surface area contributed by atoms with Gasteiger partial charge in [-0.05, 0) is 5.56 Å². The molecule has 0 atom stereocenters. The van der Waals surface area contributed by atoms with Crippen molar-refractivity contribution in [2.45, 2.75) is 6.54 Å². The number of benzene rings is 1. The van der Waals surface area contributed by atoms with Crippen molar-refractivity contribution in [3.63, 3.8) is 0 Å². The van der Waals surface area contributed by atoms with Gasteiger partial charge in [-0.25, -0.2) is 14.4 Å². The van der Waals surface area contributed by atoms with Crippen LogP contribution in [0.25, 0.3) is 0 Å². The molecule has 0 unspecified atom stereocenters. The van der Waals surface area contributed by atoms with E-state index in [0.29, 0.717) is 11.1 Å². The number of carboxylic acid groups (broad SMARTS) is 2. The fourth-order valence-corrected chi connectivity index (χ4v) is 2.09. The molecule has 0 spiro atoms. The van der Waals surface area contributed by atoms with Crippen molar-refractivity contribution in [1.29, 1.82) is 5.41 Å². The number of hydrogen-bond donors (Lipinski definition) is 5. The van der Waals surface area contributed by atoms with Crippen molar-refractivity contribution >= 4 is 17.8 Å². The van der Waals surface area contributed by atoms with Gasteiger partial charge in [-0.1, -0.05) is 24.3 Å². The van der Waals surface area contributed by atoms with E-state index in [1.165, 1.54) is 0 Å². The number of nitrogens with zero attached hydrogens (tertiary/aromatic N) is 1. The van der Waals surface area contributed by atoms with Gasteiger partial charge < -0.3 is 15.9 Å². The molecular weight excluding hydrogens is 292 g/mol. The topological polar surface area (TPSA) is 162 Å². The Morgan fingerprint density at radius 1 is 1.23 bits per heavy atom. The van der Waals surface area contributed by atoms with Gasteiger partial charge in [-0.3, -0.25) is 15.0 Å². The average molecular weight is 304 g/mol. The first-order valence-corrected chi connectivity index (χ1v) is 6.04. The third-order valence-corrected chi connectivity index (χ3v) is 3.04. The number of carbonyl (C=O) groups is 2. The summed E-state index contributed by atoms with van der Waals surface area (Å²) in [4.78, 5) is 36.1. The molecule has 0 aliphatic carbocycles. The standard InChI is InChI=1S/C13H12N4O5/c14-10(15)7-4-2-1-3-6(7)5-17-9(12(20)21)8(11(18)19)16-13(17)22/h1-4H,5H2,(H3,14,15)(H,16,22)(H,18,19)(H,20,21). The smallest absolute Gasteiger partial charge is 0.355 e. The molecule has 1 aromatic carbocycles. The molecule has 0 bridgehead atoms. The number of aromatic carboxylic acids is 2. The fourth-order valence-electron chi connectivity index (χ4n) is 2.09. The van der Waals surface area contributed by atoms with Crippen LogP contribution in [0, 0.1) is 5.41 Å². The monoisotopic (exact) mass is 304 g/mol. The molecule has 6 N–H and O–H groups in total. The van der Waals surface area contributed by atoms with E-state index in [1.807, 2.05) is 4.98 Å². The van der Waals surface area contributed by atoms with E-state index in [2.05, 4.69) is 0 Å². The Morgan fingerprint density at radius 3 is 2.41 bits per heavy atom. The zero-order valence-corrected chi connectivity index (χ0v) is 11.2. The number of hydrogen-bond acceptors (Lipinski definition) is 4. The molecule has 0 amide bonds. The first kappa shape index (κ1) is 15.0. The zero-order valence-electron chi connectivity index (χ0n) is 11.2. The number of aromatic nitrogens is 2. The van der Waals surface area contributed by atoms with Crippen molar-refractivity contribution in [2.24, 2.45) is 5.73 Å². The normalized spacial score (nSPS) is 10.4. The lowest BCUT2D eigenvalue weighted by atomic mass is 10.1. The maximum Gasteiger partial charge on any atom is 0.355 e. The molecule has 1 heterocycles. The molecule has 2 aromatic rings. The zero-order chi connectivity index (χ0) is 16.4. The Morgan fingerprint density at radius 2 is 1.86 bits per heavy atom. The number of amidine groups is 1. The van der Waals surface area contributed by atoms with Gasteiger partial charge in [0.1, 0.15) is 5.84 Å². The SMILES string of the molecule is N=C(N)c1ccccc1Cn1c(C(=O)O)c(C(=O)O)[nH]c1=O. The van der Waals surface area contributed by atoms with Crippen LogP contribution in [0.4, 0.5) is 0 Å². The highest BCUT2D eigenvalue weighted by Gasteiger charge is 2.25. The molecule has 0 fully saturated rings. The number of H-pyrrole nitrogens is 1. The summed E-state index contributed by atoms with van der Waals surface area (Å²) >= 11 is 0. The molecule has 1 aromatic heterocycles. The van der Waals surface area contributed by atoms with Crippen molar-refractivity contribution in [3.8, 4) is 0 Å². The predicted octanol–water partition coefficient (Wildman–Crippen LogP) is -0.0948. The van der Waals surface area contributed by atoms with Gasteiger partial charge in [-0.2, -0.15) is 0 Å². The molecule has 0 saturated heterocycles. The molecular formula is C13H12N4O5. The largest absolute Gasteiger partial charge is 0.477 e. The highest BCUT2D eigenvalue weighted by molar-refractivity contribution is 5.99. The summed E-state index contributed by atoms with van der Waals surface area (Å²) < 4.78 is 0.785. The Labute approximate surface area is 123 Å². The molecule has 0 radical (unpaired) electrons. The first-order valence-electron chi connectivity index (χ1n) is 6.04.